The molecule has 0 bridgehead atoms. The first-order chi connectivity index (χ1) is 13.3. The maximum atomic E-state index is 12.2. The summed E-state index contributed by atoms with van der Waals surface area (Å²) >= 11 is 0. The second-order valence-electron chi connectivity index (χ2n) is 6.18. The first-order valence-corrected chi connectivity index (χ1v) is 9.24. The number of carbonyl (C=O) groups is 1. The number of carbonyl (C=O) groups excluding carboxylic acids is 1. The van der Waals surface area contributed by atoms with Gasteiger partial charge >= 0.3 is 0 Å². The third-order valence-corrected chi connectivity index (χ3v) is 4.36. The van der Waals surface area contributed by atoms with E-state index in [9.17, 15) is 4.79 Å². The molecule has 146 valence electrons. The Morgan fingerprint density at radius 3 is 2.48 bits per heavy atom. The summed E-state index contributed by atoms with van der Waals surface area (Å²) in [5, 5.41) is 2.94. The molecule has 7 nitrogen and oxygen atoms in total. The lowest BCUT2D eigenvalue weighted by atomic mass is 10.1. The summed E-state index contributed by atoms with van der Waals surface area (Å²) < 4.78 is 21.9. The Balaban J connectivity index is 1.48. The molecule has 1 aliphatic heterocycles. The van der Waals surface area contributed by atoms with Gasteiger partial charge in [-0.2, -0.15) is 0 Å². The zero-order valence-electron chi connectivity index (χ0n) is 15.6. The highest BCUT2D eigenvalue weighted by Crippen LogP contribution is 2.22. The van der Waals surface area contributed by atoms with Crippen LogP contribution in [0.25, 0.3) is 0 Å². The second-order valence-corrected chi connectivity index (χ2v) is 6.18. The Hall–Kier alpha value is -2.51. The molecule has 0 radical (unpaired) electrons. The van der Waals surface area contributed by atoms with E-state index in [0.717, 1.165) is 24.6 Å². The summed E-state index contributed by atoms with van der Waals surface area (Å²) in [6.07, 6.45) is 1.65. The molecule has 1 aromatic carbocycles. The zero-order valence-corrected chi connectivity index (χ0v) is 15.6. The molecule has 0 saturated carbocycles. The van der Waals surface area contributed by atoms with Crippen molar-refractivity contribution < 1.29 is 23.4 Å². The van der Waals surface area contributed by atoms with Gasteiger partial charge in [-0.05, 0) is 43.3 Å². The minimum absolute atomic E-state index is 0.0154. The van der Waals surface area contributed by atoms with E-state index in [2.05, 4.69) is 10.2 Å². The van der Waals surface area contributed by atoms with Gasteiger partial charge in [0.05, 0.1) is 32.1 Å². The first kappa shape index (κ1) is 19.3. The molecule has 1 fully saturated rings. The zero-order chi connectivity index (χ0) is 18.9. The summed E-state index contributed by atoms with van der Waals surface area (Å²) in [5.74, 6) is 2.07. The van der Waals surface area contributed by atoms with Crippen LogP contribution in [0.15, 0.2) is 47.1 Å². The number of hydrogen-bond acceptors (Lipinski definition) is 6. The van der Waals surface area contributed by atoms with Crippen molar-refractivity contribution in [1.29, 1.82) is 0 Å². The summed E-state index contributed by atoms with van der Waals surface area (Å²) in [6, 6.07) is 11.0. The number of hydrogen-bond donors (Lipinski definition) is 1. The topological polar surface area (TPSA) is 73.2 Å². The van der Waals surface area contributed by atoms with Gasteiger partial charge in [-0.25, -0.2) is 0 Å². The van der Waals surface area contributed by atoms with Crippen LogP contribution in [-0.4, -0.2) is 56.9 Å². The number of nitrogens with zero attached hydrogens (tertiary/aromatic N) is 1. The van der Waals surface area contributed by atoms with Crippen LogP contribution in [0.2, 0.25) is 0 Å². The molecule has 1 amide bonds. The monoisotopic (exact) mass is 374 g/mol. The number of nitrogens with one attached hydrogen (secondary N) is 1. The van der Waals surface area contributed by atoms with Crippen LogP contribution in [0.4, 0.5) is 0 Å². The molecule has 2 aromatic rings. The number of benzene rings is 1. The molecule has 0 aliphatic carbocycles. The molecule has 1 unspecified atom stereocenters. The molecule has 1 aromatic heterocycles. The average Bonchev–Trinajstić information content (AvgIpc) is 3.23. The number of furan rings is 1. The van der Waals surface area contributed by atoms with E-state index >= 15 is 0 Å². The van der Waals surface area contributed by atoms with Crippen LogP contribution in [-0.2, 0) is 9.53 Å². The Morgan fingerprint density at radius 2 is 1.85 bits per heavy atom. The molecule has 1 atom stereocenters. The van der Waals surface area contributed by atoms with Gasteiger partial charge in [0.1, 0.15) is 17.3 Å². The Kier molecular flexibility index (Phi) is 7.12. The van der Waals surface area contributed by atoms with Gasteiger partial charge in [-0.1, -0.05) is 0 Å². The van der Waals surface area contributed by atoms with Crippen molar-refractivity contribution in [2.45, 2.75) is 13.0 Å². The minimum Gasteiger partial charge on any atom is -0.494 e. The van der Waals surface area contributed by atoms with Crippen LogP contribution in [0.1, 0.15) is 18.7 Å². The van der Waals surface area contributed by atoms with Crippen LogP contribution < -0.4 is 14.8 Å². The molecule has 3 rings (SSSR count). The first-order valence-electron chi connectivity index (χ1n) is 9.24. The Bertz CT molecular complexity index is 681. The van der Waals surface area contributed by atoms with E-state index in [1.165, 1.54) is 0 Å². The standard InChI is InChI=1S/C20H26N2O5/c1-2-25-16-5-7-17(8-6-16)27-15-20(23)21-14-18(19-4-3-11-26-19)22-9-12-24-13-10-22/h3-8,11,18H,2,9-10,12-15H2,1H3,(H,21,23). The van der Waals surface area contributed by atoms with Crippen molar-refractivity contribution >= 4 is 5.91 Å². The van der Waals surface area contributed by atoms with E-state index in [0.29, 0.717) is 32.1 Å². The molecular formula is C20H26N2O5. The fourth-order valence-electron chi connectivity index (χ4n) is 2.99. The van der Waals surface area contributed by atoms with Gasteiger partial charge in [0.2, 0.25) is 0 Å². The maximum absolute atomic E-state index is 12.2. The fourth-order valence-corrected chi connectivity index (χ4v) is 2.99. The largest absolute Gasteiger partial charge is 0.494 e. The molecule has 2 heterocycles. The summed E-state index contributed by atoms with van der Waals surface area (Å²) in [5.41, 5.74) is 0. The highest BCUT2D eigenvalue weighted by Gasteiger charge is 2.25. The lowest BCUT2D eigenvalue weighted by Gasteiger charge is -2.33. The van der Waals surface area contributed by atoms with Crippen molar-refractivity contribution in [1.82, 2.24) is 10.2 Å². The smallest absolute Gasteiger partial charge is 0.258 e. The number of ether oxygens (including phenoxy) is 3. The minimum atomic E-state index is -0.172. The summed E-state index contributed by atoms with van der Waals surface area (Å²) in [7, 11) is 0. The quantitative estimate of drug-likeness (QED) is 0.726. The molecular weight excluding hydrogens is 348 g/mol. The van der Waals surface area contributed by atoms with Crippen molar-refractivity contribution in [2.75, 3.05) is 46.1 Å². The Morgan fingerprint density at radius 1 is 1.15 bits per heavy atom. The van der Waals surface area contributed by atoms with Crippen LogP contribution in [0, 0.1) is 0 Å². The molecule has 0 spiro atoms. The average molecular weight is 374 g/mol. The van der Waals surface area contributed by atoms with Crippen molar-refractivity contribution in [2.24, 2.45) is 0 Å². The molecule has 1 saturated heterocycles. The van der Waals surface area contributed by atoms with E-state index in [-0.39, 0.29) is 18.6 Å². The number of amides is 1. The van der Waals surface area contributed by atoms with Gasteiger partial charge in [0.25, 0.3) is 5.91 Å². The number of rotatable bonds is 9. The highest BCUT2D eigenvalue weighted by atomic mass is 16.5. The molecule has 7 heteroatoms. The fraction of sp³-hybridized carbons (Fsp3) is 0.450. The van der Waals surface area contributed by atoms with E-state index in [1.807, 2.05) is 31.2 Å². The van der Waals surface area contributed by atoms with E-state index < -0.39 is 0 Å². The molecule has 1 aliphatic rings. The predicted octanol–water partition coefficient (Wildman–Crippen LogP) is 2.25. The van der Waals surface area contributed by atoms with Crippen molar-refractivity contribution in [3.63, 3.8) is 0 Å². The molecule has 1 N–H and O–H groups in total. The van der Waals surface area contributed by atoms with Gasteiger partial charge in [0.15, 0.2) is 6.61 Å². The van der Waals surface area contributed by atoms with Gasteiger partial charge in [-0.3, -0.25) is 9.69 Å². The number of morpholine rings is 1. The maximum Gasteiger partial charge on any atom is 0.258 e. The van der Waals surface area contributed by atoms with Crippen LogP contribution in [0.3, 0.4) is 0 Å². The van der Waals surface area contributed by atoms with Gasteiger partial charge in [-0.15, -0.1) is 0 Å². The summed E-state index contributed by atoms with van der Waals surface area (Å²) in [6.45, 7) is 5.96. The van der Waals surface area contributed by atoms with Crippen LogP contribution in [0.5, 0.6) is 11.5 Å². The molecule has 27 heavy (non-hydrogen) atoms. The third-order valence-electron chi connectivity index (χ3n) is 4.36. The second kappa shape index (κ2) is 9.99. The van der Waals surface area contributed by atoms with E-state index in [4.69, 9.17) is 18.6 Å². The highest BCUT2D eigenvalue weighted by molar-refractivity contribution is 5.77. The van der Waals surface area contributed by atoms with Gasteiger partial charge in [0, 0.05) is 19.6 Å². The summed E-state index contributed by atoms with van der Waals surface area (Å²) in [4.78, 5) is 14.5. The van der Waals surface area contributed by atoms with Gasteiger partial charge < -0.3 is 23.9 Å². The normalized spacial score (nSPS) is 15.9. The SMILES string of the molecule is CCOc1ccc(OCC(=O)NCC(c2ccco2)N2CCOCC2)cc1. The van der Waals surface area contributed by atoms with Crippen LogP contribution >= 0.6 is 0 Å². The third kappa shape index (κ3) is 5.74. The lowest BCUT2D eigenvalue weighted by molar-refractivity contribution is -0.123. The predicted molar refractivity (Wildman–Crippen MR) is 100.0 cm³/mol. The lowest BCUT2D eigenvalue weighted by Crippen LogP contribution is -2.44. The van der Waals surface area contributed by atoms with Crippen molar-refractivity contribution in [3.8, 4) is 11.5 Å². The van der Waals surface area contributed by atoms with E-state index in [1.54, 1.807) is 18.4 Å². The Labute approximate surface area is 159 Å². The van der Waals surface area contributed by atoms with Crippen molar-refractivity contribution in [3.05, 3.63) is 48.4 Å².